The first-order valence-electron chi connectivity index (χ1n) is 3.65. The van der Waals surface area contributed by atoms with Crippen LogP contribution in [-0.4, -0.2) is 33.9 Å². The zero-order valence-electron chi connectivity index (χ0n) is 7.91. The molecule has 88 valence electrons. The largest absolute Gasteiger partial charge is 0.398 e. The van der Waals surface area contributed by atoms with Crippen molar-refractivity contribution in [2.75, 3.05) is 0 Å². The summed E-state index contributed by atoms with van der Waals surface area (Å²) < 4.78 is 55.5. The van der Waals surface area contributed by atoms with E-state index >= 15 is 0 Å². The molecule has 0 rings (SSSR count). The van der Waals surface area contributed by atoms with E-state index in [1.165, 1.54) is 13.8 Å². The van der Waals surface area contributed by atoms with E-state index in [-0.39, 0.29) is 0 Å². The van der Waals surface area contributed by atoms with Gasteiger partial charge in [0.15, 0.2) is 0 Å². The fourth-order valence-electron chi connectivity index (χ4n) is 0.589. The van der Waals surface area contributed by atoms with E-state index in [1.54, 1.807) is 0 Å². The average molecular weight is 258 g/mol. The Bertz CT molecular complexity index is 376. The van der Waals surface area contributed by atoms with Crippen LogP contribution >= 0.6 is 0 Å². The molecule has 0 fully saturated rings. The van der Waals surface area contributed by atoms with Crippen LogP contribution < -0.4 is 0 Å². The van der Waals surface area contributed by atoms with Crippen molar-refractivity contribution in [1.29, 1.82) is 0 Å². The Morgan fingerprint density at radius 1 is 1.27 bits per heavy atom. The smallest absolute Gasteiger partial charge is 0.284 e. The summed E-state index contributed by atoms with van der Waals surface area (Å²) in [7, 11) is -4.55. The molecule has 0 spiro atoms. The summed E-state index contributed by atoms with van der Waals surface area (Å²) in [6.07, 6.45) is -1.93. The van der Waals surface area contributed by atoms with E-state index < -0.39 is 34.0 Å². The lowest BCUT2D eigenvalue weighted by Crippen LogP contribution is -2.14. The first-order chi connectivity index (χ1) is 6.70. The lowest BCUT2D eigenvalue weighted by Gasteiger charge is -2.03. The van der Waals surface area contributed by atoms with Gasteiger partial charge in [-0.1, -0.05) is 11.8 Å². The molecular weight excluding hydrogens is 248 g/mol. The van der Waals surface area contributed by atoms with E-state index in [0.717, 1.165) is 0 Å². The van der Waals surface area contributed by atoms with Gasteiger partial charge in [0.2, 0.25) is 0 Å². The Hall–Kier alpha value is -0.500. The van der Waals surface area contributed by atoms with Gasteiger partial charge in [-0.25, -0.2) is 4.18 Å². The van der Waals surface area contributed by atoms with E-state index in [9.17, 15) is 12.6 Å². The maximum Gasteiger partial charge on any atom is 0.398 e. The molecule has 0 radical (unpaired) electrons. The van der Waals surface area contributed by atoms with Gasteiger partial charge in [-0.15, -0.1) is 0 Å². The molecule has 0 aromatic heterocycles. The molecule has 0 saturated carbocycles. The van der Waals surface area contributed by atoms with Gasteiger partial charge in [0.05, 0.1) is 0 Å². The fraction of sp³-hybridized carbons (Fsp3) is 0.667. The molecule has 0 aliphatic carbocycles. The van der Waals surface area contributed by atoms with Crippen LogP contribution in [0.25, 0.3) is 0 Å². The van der Waals surface area contributed by atoms with Crippen molar-refractivity contribution in [1.82, 2.24) is 0 Å². The minimum Gasteiger partial charge on any atom is -0.284 e. The summed E-state index contributed by atoms with van der Waals surface area (Å²) in [5.41, 5.74) is 0. The lowest BCUT2D eigenvalue weighted by molar-refractivity contribution is 0.238. The van der Waals surface area contributed by atoms with Crippen LogP contribution in [0.5, 0.6) is 0 Å². The maximum absolute atomic E-state index is 10.2. The molecule has 0 aliphatic rings. The van der Waals surface area contributed by atoms with Crippen molar-refractivity contribution < 1.29 is 30.1 Å². The van der Waals surface area contributed by atoms with Gasteiger partial charge < -0.3 is 0 Å². The minimum atomic E-state index is -4.55. The third-order valence-corrected chi connectivity index (χ3v) is 1.97. The van der Waals surface area contributed by atoms with Crippen molar-refractivity contribution in [3.05, 3.63) is 0 Å². The van der Waals surface area contributed by atoms with Crippen LogP contribution in [0, 0.1) is 11.8 Å². The normalized spacial score (nSPS) is 17.3. The van der Waals surface area contributed by atoms with Crippen molar-refractivity contribution >= 4 is 21.8 Å². The third kappa shape index (κ3) is 9.80. The molecule has 0 aromatic rings. The molecule has 7 nitrogen and oxygen atoms in total. The Morgan fingerprint density at radius 3 is 2.13 bits per heavy atom. The summed E-state index contributed by atoms with van der Waals surface area (Å²) in [5, 5.41) is 0. The molecule has 0 aromatic carbocycles. The quantitative estimate of drug-likeness (QED) is 0.406. The molecule has 3 atom stereocenters. The number of hydrogen-bond acceptors (Lipinski definition) is 5. The molecule has 0 amide bonds. The second-order valence-corrected chi connectivity index (χ2v) is 4.09. The Labute approximate surface area is 90.2 Å². The van der Waals surface area contributed by atoms with Crippen molar-refractivity contribution in [3.63, 3.8) is 0 Å². The van der Waals surface area contributed by atoms with Crippen LogP contribution in [0.3, 0.4) is 0 Å². The van der Waals surface area contributed by atoms with Crippen LogP contribution in [0.1, 0.15) is 13.8 Å². The highest BCUT2D eigenvalue weighted by Gasteiger charge is 2.09. The molecule has 0 aliphatic heterocycles. The summed E-state index contributed by atoms with van der Waals surface area (Å²) in [6, 6.07) is 0. The molecule has 0 bridgehead atoms. The molecular formula is C6H10O7S2. The van der Waals surface area contributed by atoms with Crippen LogP contribution in [-0.2, 0) is 30.1 Å². The van der Waals surface area contributed by atoms with Crippen LogP contribution in [0.4, 0.5) is 0 Å². The molecule has 3 unspecified atom stereocenters. The van der Waals surface area contributed by atoms with E-state index in [1.807, 2.05) is 0 Å². The van der Waals surface area contributed by atoms with Gasteiger partial charge in [0, 0.05) is 0 Å². The van der Waals surface area contributed by atoms with E-state index in [0.29, 0.717) is 0 Å². The standard InChI is InChI=1S/C6H10O7S2/c1-5(12-14(7)8)3-4-6(2)13-15(9,10)11/h5-6H,1-2H3,(H,7,8)(H,9,10,11). The Morgan fingerprint density at radius 2 is 1.73 bits per heavy atom. The van der Waals surface area contributed by atoms with Crippen molar-refractivity contribution in [2.45, 2.75) is 26.1 Å². The first kappa shape index (κ1) is 14.5. The van der Waals surface area contributed by atoms with Gasteiger partial charge in [-0.2, -0.15) is 12.6 Å². The predicted octanol–water partition coefficient (Wildman–Crippen LogP) is -0.261. The van der Waals surface area contributed by atoms with Gasteiger partial charge >= 0.3 is 21.8 Å². The molecule has 0 saturated heterocycles. The monoisotopic (exact) mass is 258 g/mol. The topological polar surface area (TPSA) is 110 Å². The zero-order valence-corrected chi connectivity index (χ0v) is 9.54. The van der Waals surface area contributed by atoms with E-state index in [2.05, 4.69) is 20.2 Å². The fourth-order valence-corrected chi connectivity index (χ4v) is 1.30. The minimum absolute atomic E-state index is 0.858. The highest BCUT2D eigenvalue weighted by atomic mass is 32.3. The highest BCUT2D eigenvalue weighted by Crippen LogP contribution is 1.96. The Kier molecular flexibility index (Phi) is 5.96. The average Bonchev–Trinajstić information content (AvgIpc) is 1.96. The summed E-state index contributed by atoms with van der Waals surface area (Å²) in [5.74, 6) is 4.57. The molecule has 15 heavy (non-hydrogen) atoms. The number of hydrogen-bond donors (Lipinski definition) is 2. The second-order valence-electron chi connectivity index (χ2n) is 2.41. The lowest BCUT2D eigenvalue weighted by atomic mass is 10.3. The summed E-state index contributed by atoms with van der Waals surface area (Å²) in [6.45, 7) is 2.67. The summed E-state index contributed by atoms with van der Waals surface area (Å²) in [4.78, 5) is 0. The van der Waals surface area contributed by atoms with Crippen molar-refractivity contribution in [2.24, 2.45) is 0 Å². The SMILES string of the molecule is CC(C#CC(C)OS(=O)(=O)O)OS(=O)O. The van der Waals surface area contributed by atoms with Gasteiger partial charge in [0.1, 0.15) is 12.2 Å². The van der Waals surface area contributed by atoms with Gasteiger partial charge in [0.25, 0.3) is 0 Å². The Balaban J connectivity index is 4.22. The van der Waals surface area contributed by atoms with Crippen LogP contribution in [0.2, 0.25) is 0 Å². The van der Waals surface area contributed by atoms with E-state index in [4.69, 9.17) is 9.11 Å². The zero-order chi connectivity index (χ0) is 12.1. The second kappa shape index (κ2) is 6.16. The maximum atomic E-state index is 10.2. The molecule has 0 heterocycles. The first-order valence-corrected chi connectivity index (χ1v) is 6.05. The molecule has 2 N–H and O–H groups in total. The third-order valence-electron chi connectivity index (χ3n) is 0.982. The predicted molar refractivity (Wildman–Crippen MR) is 51.2 cm³/mol. The van der Waals surface area contributed by atoms with Gasteiger partial charge in [-0.3, -0.25) is 13.3 Å². The number of rotatable bonds is 4. The molecule has 9 heteroatoms. The summed E-state index contributed by atoms with van der Waals surface area (Å²) >= 11 is -2.44. The highest BCUT2D eigenvalue weighted by molar-refractivity contribution is 7.80. The van der Waals surface area contributed by atoms with Crippen molar-refractivity contribution in [3.8, 4) is 11.8 Å². The van der Waals surface area contributed by atoms with Gasteiger partial charge in [-0.05, 0) is 13.8 Å². The van der Waals surface area contributed by atoms with Crippen LogP contribution in [0.15, 0.2) is 0 Å².